The number of hydrogen-bond donors (Lipinski definition) is 0. The van der Waals surface area contributed by atoms with E-state index < -0.39 is 5.92 Å². The number of rotatable bonds is 6. The molecule has 1 aliphatic carbocycles. The molecule has 4 nitrogen and oxygen atoms in total. The Bertz CT molecular complexity index is 443. The van der Waals surface area contributed by atoms with Gasteiger partial charge in [-0.05, 0) is 30.4 Å². The molecule has 0 aromatic heterocycles. The molecular formula is C17H27NO3S. The minimum Gasteiger partial charge on any atom is -0.396 e. The predicted molar refractivity (Wildman–Crippen MR) is 90.2 cm³/mol. The van der Waals surface area contributed by atoms with Gasteiger partial charge in [0.2, 0.25) is 0 Å². The van der Waals surface area contributed by atoms with Crippen molar-refractivity contribution in [2.75, 3.05) is 18.1 Å². The summed E-state index contributed by atoms with van der Waals surface area (Å²) in [5, 5.41) is 4.08. The van der Waals surface area contributed by atoms with Crippen molar-refractivity contribution in [2.45, 2.75) is 52.9 Å². The number of carbonyl (C=O) groups excluding carboxylic acids is 2. The van der Waals surface area contributed by atoms with E-state index in [2.05, 4.69) is 12.1 Å². The molecule has 2 aliphatic rings. The predicted octanol–water partition coefficient (Wildman–Crippen LogP) is 3.49. The van der Waals surface area contributed by atoms with Crippen molar-refractivity contribution in [3.8, 4) is 0 Å². The van der Waals surface area contributed by atoms with Crippen LogP contribution in [0, 0.1) is 17.3 Å². The molecule has 0 N–H and O–H groups in total. The van der Waals surface area contributed by atoms with E-state index >= 15 is 0 Å². The van der Waals surface area contributed by atoms with Crippen molar-refractivity contribution in [3.05, 3.63) is 0 Å². The van der Waals surface area contributed by atoms with Crippen LogP contribution in [0.4, 0.5) is 0 Å². The summed E-state index contributed by atoms with van der Waals surface area (Å²) in [7, 11) is 0. The second kappa shape index (κ2) is 7.62. The first-order valence-electron chi connectivity index (χ1n) is 8.39. The highest BCUT2D eigenvalue weighted by atomic mass is 32.2. The zero-order valence-corrected chi connectivity index (χ0v) is 14.7. The maximum absolute atomic E-state index is 12.7. The highest BCUT2D eigenvalue weighted by Crippen LogP contribution is 2.51. The Morgan fingerprint density at radius 1 is 1.27 bits per heavy atom. The molecule has 5 heteroatoms. The molecule has 1 atom stereocenters. The van der Waals surface area contributed by atoms with E-state index in [-0.39, 0.29) is 17.0 Å². The zero-order valence-electron chi connectivity index (χ0n) is 13.9. The summed E-state index contributed by atoms with van der Waals surface area (Å²) in [4.78, 5) is 30.6. The summed E-state index contributed by atoms with van der Waals surface area (Å²) in [5.74, 6) is 1.98. The van der Waals surface area contributed by atoms with E-state index in [9.17, 15) is 9.59 Å². The molecule has 0 radical (unpaired) electrons. The Morgan fingerprint density at radius 2 is 1.95 bits per heavy atom. The molecule has 22 heavy (non-hydrogen) atoms. The molecular weight excluding hydrogens is 298 g/mol. The smallest absolute Gasteiger partial charge is 0.149 e. The topological polar surface area (TPSA) is 55.7 Å². The first-order valence-corrected chi connectivity index (χ1v) is 9.55. The Labute approximate surface area is 137 Å². The molecule has 1 spiro atoms. The monoisotopic (exact) mass is 325 g/mol. The van der Waals surface area contributed by atoms with Crippen LogP contribution >= 0.6 is 11.8 Å². The van der Waals surface area contributed by atoms with Crippen LogP contribution in [0.15, 0.2) is 5.16 Å². The quantitative estimate of drug-likeness (QED) is 0.426. The molecule has 1 saturated heterocycles. The molecule has 1 unspecified atom stereocenters. The molecule has 2 fully saturated rings. The average molecular weight is 325 g/mol. The number of hydrogen-bond acceptors (Lipinski definition) is 5. The van der Waals surface area contributed by atoms with Gasteiger partial charge in [0, 0.05) is 18.6 Å². The Balaban J connectivity index is 2.20. The van der Waals surface area contributed by atoms with Gasteiger partial charge in [0.1, 0.15) is 24.1 Å². The standard InChI is InChI=1S/C17H27NO3S/c1-4-7-13(18-21-6-3)16-14(19)8-17(9-15(16)20)11-22-10-12(17)5-2/h12,16H,4-11H2,1-3H3. The van der Waals surface area contributed by atoms with Gasteiger partial charge in [0.15, 0.2) is 0 Å². The number of nitrogens with zero attached hydrogens (tertiary/aromatic N) is 1. The number of ketones is 2. The van der Waals surface area contributed by atoms with E-state index in [1.807, 2.05) is 25.6 Å². The van der Waals surface area contributed by atoms with E-state index in [0.29, 0.717) is 37.5 Å². The van der Waals surface area contributed by atoms with Gasteiger partial charge in [-0.1, -0.05) is 31.8 Å². The van der Waals surface area contributed by atoms with Crippen LogP contribution in [0.3, 0.4) is 0 Å². The van der Waals surface area contributed by atoms with E-state index in [0.717, 1.165) is 24.3 Å². The van der Waals surface area contributed by atoms with E-state index in [4.69, 9.17) is 4.84 Å². The fourth-order valence-electron chi connectivity index (χ4n) is 3.80. The van der Waals surface area contributed by atoms with Crippen molar-refractivity contribution in [1.29, 1.82) is 0 Å². The fourth-order valence-corrected chi connectivity index (χ4v) is 5.64. The third kappa shape index (κ3) is 3.39. The Kier molecular flexibility index (Phi) is 6.07. The molecule has 1 aliphatic heterocycles. The highest BCUT2D eigenvalue weighted by molar-refractivity contribution is 7.99. The van der Waals surface area contributed by atoms with Crippen LogP contribution in [0.2, 0.25) is 0 Å². The van der Waals surface area contributed by atoms with Crippen LogP contribution < -0.4 is 0 Å². The minimum absolute atomic E-state index is 0.0594. The van der Waals surface area contributed by atoms with Gasteiger partial charge >= 0.3 is 0 Å². The Hall–Kier alpha value is -0.840. The SMILES string of the molecule is CCCC(=NOCC)C1C(=O)CC2(CSCC2CC)CC1=O. The summed E-state index contributed by atoms with van der Waals surface area (Å²) in [5.41, 5.74) is 0.542. The number of carbonyl (C=O) groups is 2. The van der Waals surface area contributed by atoms with Gasteiger partial charge in [-0.25, -0.2) is 0 Å². The molecule has 0 aromatic carbocycles. The lowest BCUT2D eigenvalue weighted by molar-refractivity contribution is -0.138. The summed E-state index contributed by atoms with van der Waals surface area (Å²) >= 11 is 1.89. The van der Waals surface area contributed by atoms with Crippen LogP contribution in [0.1, 0.15) is 52.9 Å². The van der Waals surface area contributed by atoms with Gasteiger partial charge in [-0.3, -0.25) is 9.59 Å². The molecule has 1 saturated carbocycles. The van der Waals surface area contributed by atoms with Gasteiger partial charge in [-0.15, -0.1) is 0 Å². The summed E-state index contributed by atoms with van der Waals surface area (Å²) in [6, 6.07) is 0. The highest BCUT2D eigenvalue weighted by Gasteiger charge is 2.52. The number of thioether (sulfide) groups is 1. The lowest BCUT2D eigenvalue weighted by Crippen LogP contribution is -2.47. The molecule has 124 valence electrons. The van der Waals surface area contributed by atoms with Crippen LogP contribution in [-0.4, -0.2) is 35.4 Å². The largest absolute Gasteiger partial charge is 0.396 e. The lowest BCUT2D eigenvalue weighted by Gasteiger charge is -2.39. The molecule has 2 rings (SSSR count). The molecule has 0 amide bonds. The van der Waals surface area contributed by atoms with Crippen molar-refractivity contribution >= 4 is 29.0 Å². The number of Topliss-reactive ketones (excluding diaryl/α,β-unsaturated/α-hetero) is 2. The maximum atomic E-state index is 12.7. The molecule has 0 aromatic rings. The van der Waals surface area contributed by atoms with Crippen molar-refractivity contribution in [3.63, 3.8) is 0 Å². The molecule has 0 bridgehead atoms. The van der Waals surface area contributed by atoms with Crippen molar-refractivity contribution < 1.29 is 14.4 Å². The minimum atomic E-state index is -0.653. The van der Waals surface area contributed by atoms with Gasteiger partial charge < -0.3 is 4.84 Å². The van der Waals surface area contributed by atoms with Crippen LogP contribution in [0.25, 0.3) is 0 Å². The fraction of sp³-hybridized carbons (Fsp3) is 0.824. The van der Waals surface area contributed by atoms with Gasteiger partial charge in [0.05, 0.1) is 5.71 Å². The number of oxime groups is 1. The second-order valence-electron chi connectivity index (χ2n) is 6.45. The van der Waals surface area contributed by atoms with E-state index in [1.54, 1.807) is 0 Å². The third-order valence-corrected chi connectivity index (χ3v) is 6.33. The lowest BCUT2D eigenvalue weighted by atomic mass is 9.62. The van der Waals surface area contributed by atoms with E-state index in [1.165, 1.54) is 0 Å². The summed E-state index contributed by atoms with van der Waals surface area (Å²) in [6.45, 7) is 6.51. The normalized spacial score (nSPS) is 32.8. The first kappa shape index (κ1) is 17.5. The Morgan fingerprint density at radius 3 is 2.50 bits per heavy atom. The maximum Gasteiger partial charge on any atom is 0.149 e. The molecule has 1 heterocycles. The first-order chi connectivity index (χ1) is 10.6. The van der Waals surface area contributed by atoms with Gasteiger partial charge in [0.25, 0.3) is 0 Å². The second-order valence-corrected chi connectivity index (χ2v) is 7.48. The summed E-state index contributed by atoms with van der Waals surface area (Å²) < 4.78 is 0. The average Bonchev–Trinajstić information content (AvgIpc) is 2.85. The van der Waals surface area contributed by atoms with Crippen molar-refractivity contribution in [1.82, 2.24) is 0 Å². The van der Waals surface area contributed by atoms with Crippen LogP contribution in [0.5, 0.6) is 0 Å². The van der Waals surface area contributed by atoms with Gasteiger partial charge in [-0.2, -0.15) is 11.8 Å². The van der Waals surface area contributed by atoms with Crippen molar-refractivity contribution in [2.24, 2.45) is 22.4 Å². The third-order valence-electron chi connectivity index (χ3n) is 4.91. The van der Waals surface area contributed by atoms with Crippen LogP contribution in [-0.2, 0) is 14.4 Å². The zero-order chi connectivity index (χ0) is 16.2. The summed E-state index contributed by atoms with van der Waals surface area (Å²) in [6.07, 6.45) is 3.63.